The van der Waals surface area contributed by atoms with E-state index in [0.29, 0.717) is 6.54 Å². The van der Waals surface area contributed by atoms with Crippen LogP contribution in [0.2, 0.25) is 0 Å². The minimum atomic E-state index is -0.00202. The predicted octanol–water partition coefficient (Wildman–Crippen LogP) is 6.47. The Kier molecular flexibility index (Phi) is 6.29. The summed E-state index contributed by atoms with van der Waals surface area (Å²) in [6, 6.07) is 26.8. The van der Waals surface area contributed by atoms with Crippen molar-refractivity contribution in [2.45, 2.75) is 25.2 Å². The fourth-order valence-electron chi connectivity index (χ4n) is 4.05. The van der Waals surface area contributed by atoms with E-state index in [1.165, 1.54) is 22.2 Å². The number of hydrogen-bond acceptors (Lipinski definition) is 5. The topological polar surface area (TPSA) is 35.9 Å². The van der Waals surface area contributed by atoms with E-state index < -0.39 is 0 Å². The number of nitrogens with zero attached hydrogens (tertiary/aromatic N) is 3. The number of thioether (sulfide) groups is 2. The van der Waals surface area contributed by atoms with Crippen LogP contribution in [0.5, 0.6) is 0 Å². The number of para-hydroxylation sites is 1. The van der Waals surface area contributed by atoms with E-state index >= 15 is 0 Å². The van der Waals surface area contributed by atoms with Gasteiger partial charge < -0.3 is 4.90 Å². The van der Waals surface area contributed by atoms with Crippen molar-refractivity contribution in [1.29, 1.82) is 0 Å². The second kappa shape index (κ2) is 9.49. The van der Waals surface area contributed by atoms with Gasteiger partial charge in [-0.3, -0.25) is 14.7 Å². The summed E-state index contributed by atoms with van der Waals surface area (Å²) in [4.78, 5) is 24.6. The molecule has 2 aliphatic heterocycles. The summed E-state index contributed by atoms with van der Waals surface area (Å²) in [6.07, 6.45) is 0.841. The number of amides is 1. The second-order valence-electron chi connectivity index (χ2n) is 7.93. The van der Waals surface area contributed by atoms with Gasteiger partial charge in [0.15, 0.2) is 5.17 Å². The van der Waals surface area contributed by atoms with E-state index in [1.807, 2.05) is 55.5 Å². The Hall–Kier alpha value is -2.96. The average molecular weight is 472 g/mol. The Balaban J connectivity index is 1.52. The van der Waals surface area contributed by atoms with E-state index in [4.69, 9.17) is 4.99 Å². The zero-order chi connectivity index (χ0) is 22.8. The summed E-state index contributed by atoms with van der Waals surface area (Å²) in [5.74, 6) is -0.00202. The van der Waals surface area contributed by atoms with Gasteiger partial charge >= 0.3 is 0 Å². The van der Waals surface area contributed by atoms with Crippen molar-refractivity contribution in [3.05, 3.63) is 99.9 Å². The van der Waals surface area contributed by atoms with Gasteiger partial charge in [0.25, 0.3) is 5.91 Å². The number of aryl methyl sites for hydroxylation is 1. The number of amidine groups is 1. The van der Waals surface area contributed by atoms with Crippen molar-refractivity contribution in [2.24, 2.45) is 4.99 Å². The Morgan fingerprint density at radius 1 is 0.909 bits per heavy atom. The molecule has 33 heavy (non-hydrogen) atoms. The molecule has 4 nitrogen and oxygen atoms in total. The number of fused-ring (bicyclic) bond motifs is 1. The summed E-state index contributed by atoms with van der Waals surface area (Å²) in [7, 11) is 0. The number of carbonyl (C=O) groups is 1. The highest BCUT2D eigenvalue weighted by atomic mass is 32.2. The first-order valence-electron chi connectivity index (χ1n) is 11.1. The monoisotopic (exact) mass is 471 g/mol. The van der Waals surface area contributed by atoms with Gasteiger partial charge in [-0.05, 0) is 67.4 Å². The molecule has 6 heteroatoms. The molecule has 0 atom stereocenters. The van der Waals surface area contributed by atoms with Crippen LogP contribution >= 0.6 is 23.5 Å². The van der Waals surface area contributed by atoms with E-state index in [0.717, 1.165) is 45.0 Å². The lowest BCUT2D eigenvalue weighted by molar-refractivity contribution is -0.113. The lowest BCUT2D eigenvalue weighted by Crippen LogP contribution is -2.30. The van der Waals surface area contributed by atoms with Crippen molar-refractivity contribution in [1.82, 2.24) is 0 Å². The van der Waals surface area contributed by atoms with Gasteiger partial charge in [-0.25, -0.2) is 0 Å². The maximum Gasteiger partial charge on any atom is 0.274 e. The molecule has 2 heterocycles. The summed E-state index contributed by atoms with van der Waals surface area (Å²) in [5.41, 5.74) is 4.39. The van der Waals surface area contributed by atoms with Crippen LogP contribution in [0, 0.1) is 6.92 Å². The second-order valence-corrected chi connectivity index (χ2v) is 9.94. The molecule has 0 aromatic heterocycles. The molecule has 0 spiro atoms. The van der Waals surface area contributed by atoms with Crippen LogP contribution in [0.25, 0.3) is 0 Å². The third kappa shape index (κ3) is 4.33. The molecular weight excluding hydrogens is 446 g/mol. The normalized spacial score (nSPS) is 19.0. The average Bonchev–Trinajstić information content (AvgIpc) is 3.36. The third-order valence-corrected chi connectivity index (χ3v) is 8.03. The molecule has 0 unspecified atom stereocenters. The van der Waals surface area contributed by atoms with Crippen LogP contribution in [-0.4, -0.2) is 24.2 Å². The lowest BCUT2D eigenvalue weighted by atomic mass is 10.2. The van der Waals surface area contributed by atoms with Gasteiger partial charge in [-0.15, -0.1) is 0 Å². The first-order valence-corrected chi connectivity index (χ1v) is 12.7. The molecule has 0 N–H and O–H groups in total. The molecule has 3 aromatic rings. The van der Waals surface area contributed by atoms with Crippen molar-refractivity contribution < 1.29 is 4.79 Å². The molecule has 0 radical (unpaired) electrons. The number of rotatable bonds is 5. The molecule has 0 saturated carbocycles. The Labute approximate surface area is 203 Å². The smallest absolute Gasteiger partial charge is 0.274 e. The largest absolute Gasteiger partial charge is 0.334 e. The van der Waals surface area contributed by atoms with Gasteiger partial charge in [-0.1, -0.05) is 66.4 Å². The molecule has 5 rings (SSSR count). The first-order chi connectivity index (χ1) is 16.2. The predicted molar refractivity (Wildman–Crippen MR) is 141 cm³/mol. The fourth-order valence-corrected chi connectivity index (χ4v) is 6.44. The Morgan fingerprint density at radius 3 is 2.48 bits per heavy atom. The quantitative estimate of drug-likeness (QED) is 0.399. The van der Waals surface area contributed by atoms with E-state index in [9.17, 15) is 4.79 Å². The summed E-state index contributed by atoms with van der Waals surface area (Å²) in [6.45, 7) is 5.61. The van der Waals surface area contributed by atoms with E-state index in [1.54, 1.807) is 16.7 Å². The molecule has 1 saturated heterocycles. The summed E-state index contributed by atoms with van der Waals surface area (Å²) < 4.78 is 0. The van der Waals surface area contributed by atoms with Gasteiger partial charge in [-0.2, -0.15) is 0 Å². The zero-order valence-electron chi connectivity index (χ0n) is 18.7. The maximum absolute atomic E-state index is 13.8. The van der Waals surface area contributed by atoms with Crippen LogP contribution in [0.4, 0.5) is 11.4 Å². The van der Waals surface area contributed by atoms with E-state index in [2.05, 4.69) is 42.2 Å². The minimum Gasteiger partial charge on any atom is -0.334 e. The number of aliphatic imine (C=N–C) groups is 1. The fraction of sp³-hybridized carbons (Fsp3) is 0.185. The van der Waals surface area contributed by atoms with Crippen molar-refractivity contribution in [3.63, 3.8) is 0 Å². The Bertz CT molecular complexity index is 1250. The zero-order valence-corrected chi connectivity index (χ0v) is 20.3. The Morgan fingerprint density at radius 2 is 1.70 bits per heavy atom. The van der Waals surface area contributed by atoms with Crippen LogP contribution in [0.15, 0.2) is 98.7 Å². The standard InChI is InChI=1S/C27H25N3OS2/c1-3-29-22-14-7-8-15-23(22)32-26(29)24-25(31)30(21-13-9-10-19(2)18-21)27(33-24)28-17-16-20-11-5-4-6-12-20/h4-15,18H,3,16-17H2,1-2H3/b26-24-,28-27?. The molecule has 166 valence electrons. The molecule has 3 aromatic carbocycles. The summed E-state index contributed by atoms with van der Waals surface area (Å²) in [5, 5.41) is 1.75. The number of anilines is 2. The van der Waals surface area contributed by atoms with Gasteiger partial charge in [0.05, 0.1) is 11.4 Å². The van der Waals surface area contributed by atoms with Crippen LogP contribution in [0.1, 0.15) is 18.1 Å². The van der Waals surface area contributed by atoms with Gasteiger partial charge in [0.1, 0.15) is 9.93 Å². The highest BCUT2D eigenvalue weighted by Gasteiger charge is 2.40. The molecule has 2 aliphatic rings. The molecule has 1 amide bonds. The molecule has 1 fully saturated rings. The highest BCUT2D eigenvalue weighted by molar-refractivity contribution is 8.20. The number of hydrogen-bond donors (Lipinski definition) is 0. The SMILES string of the molecule is CCN1/C(=C2/SC(=NCCc3ccccc3)N(c3cccc(C)c3)C2=O)Sc2ccccc21. The van der Waals surface area contributed by atoms with Gasteiger partial charge in [0, 0.05) is 18.0 Å². The van der Waals surface area contributed by atoms with Crippen LogP contribution < -0.4 is 9.80 Å². The number of carbonyl (C=O) groups excluding carboxylic acids is 1. The van der Waals surface area contributed by atoms with Crippen molar-refractivity contribution >= 4 is 46.0 Å². The van der Waals surface area contributed by atoms with Crippen molar-refractivity contribution in [3.8, 4) is 0 Å². The third-order valence-electron chi connectivity index (χ3n) is 5.65. The summed E-state index contributed by atoms with van der Waals surface area (Å²) >= 11 is 3.17. The lowest BCUT2D eigenvalue weighted by Gasteiger charge is -2.19. The van der Waals surface area contributed by atoms with Crippen molar-refractivity contribution in [2.75, 3.05) is 22.9 Å². The minimum absolute atomic E-state index is 0.00202. The highest BCUT2D eigenvalue weighted by Crippen LogP contribution is 2.50. The molecular formula is C27H25N3OS2. The molecule has 0 bridgehead atoms. The first kappa shape index (κ1) is 21.9. The van der Waals surface area contributed by atoms with Crippen LogP contribution in [0.3, 0.4) is 0 Å². The van der Waals surface area contributed by atoms with Gasteiger partial charge in [0.2, 0.25) is 0 Å². The maximum atomic E-state index is 13.8. The van der Waals surface area contributed by atoms with E-state index in [-0.39, 0.29) is 5.91 Å². The molecule has 0 aliphatic carbocycles. The number of benzene rings is 3. The van der Waals surface area contributed by atoms with Crippen LogP contribution in [-0.2, 0) is 11.2 Å².